The van der Waals surface area contributed by atoms with Gasteiger partial charge in [0.25, 0.3) is 0 Å². The van der Waals surface area contributed by atoms with Crippen LogP contribution in [0.1, 0.15) is 17.5 Å². The highest BCUT2D eigenvalue weighted by atomic mass is 14.2. The Balaban J connectivity index is 1.33. The van der Waals surface area contributed by atoms with Gasteiger partial charge in [0.2, 0.25) is 0 Å². The van der Waals surface area contributed by atoms with E-state index < -0.39 is 0 Å². The first kappa shape index (κ1) is 26.7. The monoisotopic (exact) mass is 584 g/mol. The summed E-state index contributed by atoms with van der Waals surface area (Å²) >= 11 is 0. The number of hydrogen-bond donors (Lipinski definition) is 0. The number of hydrogen-bond acceptors (Lipinski definition) is 0. The van der Waals surface area contributed by atoms with Gasteiger partial charge in [0.15, 0.2) is 0 Å². The summed E-state index contributed by atoms with van der Waals surface area (Å²) in [4.78, 5) is 0. The van der Waals surface area contributed by atoms with Crippen LogP contribution >= 0.6 is 0 Å². The summed E-state index contributed by atoms with van der Waals surface area (Å²) in [6.45, 7) is 0. The molecule has 46 heavy (non-hydrogen) atoms. The zero-order valence-corrected chi connectivity index (χ0v) is 25.6. The molecule has 0 heteroatoms. The summed E-state index contributed by atoms with van der Waals surface area (Å²) in [5.41, 5.74) is 13.0. The minimum atomic E-state index is 1.07. The molecule has 0 amide bonds. The topological polar surface area (TPSA) is 0 Å². The third-order valence-electron chi connectivity index (χ3n) is 9.72. The highest BCUT2D eigenvalue weighted by Gasteiger charge is 2.20. The van der Waals surface area contributed by atoms with Gasteiger partial charge >= 0.3 is 0 Å². The SMILES string of the molecule is C1=Cc2cccc(-c3ccc(-c4c5ccccc5c(-c5ccc6ccccc6c5)c5ccccc45)cc3-c3ccccc3)c2CC1. The molecule has 0 unspecified atom stereocenters. The summed E-state index contributed by atoms with van der Waals surface area (Å²) in [6.07, 6.45) is 6.74. The maximum Gasteiger partial charge on any atom is -0.00261 e. The Bertz CT molecular complexity index is 2400. The second kappa shape index (κ2) is 11.0. The Morgan fingerprint density at radius 3 is 1.70 bits per heavy atom. The fourth-order valence-corrected chi connectivity index (χ4v) is 7.62. The molecule has 0 aliphatic heterocycles. The van der Waals surface area contributed by atoms with Gasteiger partial charge in [0.1, 0.15) is 0 Å². The Morgan fingerprint density at radius 2 is 0.978 bits per heavy atom. The van der Waals surface area contributed by atoms with Crippen molar-refractivity contribution in [2.45, 2.75) is 12.8 Å². The lowest BCUT2D eigenvalue weighted by Crippen LogP contribution is -1.99. The zero-order valence-electron chi connectivity index (χ0n) is 25.6. The van der Waals surface area contributed by atoms with Gasteiger partial charge in [-0.05, 0) is 113 Å². The average molecular weight is 585 g/mol. The van der Waals surface area contributed by atoms with Crippen LogP contribution in [-0.2, 0) is 6.42 Å². The molecular weight excluding hydrogens is 553 g/mol. The lowest BCUT2D eigenvalue weighted by atomic mass is 9.82. The third-order valence-corrected chi connectivity index (χ3v) is 9.72. The van der Waals surface area contributed by atoms with Crippen molar-refractivity contribution in [1.29, 1.82) is 0 Å². The van der Waals surface area contributed by atoms with E-state index in [9.17, 15) is 0 Å². The summed E-state index contributed by atoms with van der Waals surface area (Å²) in [5.74, 6) is 0. The molecule has 9 rings (SSSR count). The molecule has 8 aromatic carbocycles. The molecule has 1 aliphatic carbocycles. The molecule has 0 N–H and O–H groups in total. The van der Waals surface area contributed by atoms with Crippen molar-refractivity contribution in [2.75, 3.05) is 0 Å². The minimum Gasteiger partial charge on any atom is -0.0836 e. The molecule has 0 heterocycles. The fraction of sp³-hybridized carbons (Fsp3) is 0.0435. The number of benzene rings is 8. The smallest absolute Gasteiger partial charge is 0.00261 e. The molecule has 0 saturated heterocycles. The van der Waals surface area contributed by atoms with Crippen LogP contribution in [0.4, 0.5) is 0 Å². The van der Waals surface area contributed by atoms with Gasteiger partial charge in [-0.1, -0.05) is 158 Å². The highest BCUT2D eigenvalue weighted by molar-refractivity contribution is 6.22. The van der Waals surface area contributed by atoms with Crippen LogP contribution in [0, 0.1) is 0 Å². The fourth-order valence-electron chi connectivity index (χ4n) is 7.62. The van der Waals surface area contributed by atoms with E-state index in [-0.39, 0.29) is 0 Å². The molecule has 216 valence electrons. The van der Waals surface area contributed by atoms with Crippen molar-refractivity contribution in [2.24, 2.45) is 0 Å². The lowest BCUT2D eigenvalue weighted by molar-refractivity contribution is 0.988. The van der Waals surface area contributed by atoms with Gasteiger partial charge in [-0.25, -0.2) is 0 Å². The van der Waals surface area contributed by atoms with E-state index in [0.717, 1.165) is 12.8 Å². The van der Waals surface area contributed by atoms with Crippen molar-refractivity contribution in [1.82, 2.24) is 0 Å². The Morgan fingerprint density at radius 1 is 0.370 bits per heavy atom. The largest absolute Gasteiger partial charge is 0.0836 e. The van der Waals surface area contributed by atoms with Crippen LogP contribution in [0.5, 0.6) is 0 Å². The number of allylic oxidation sites excluding steroid dienone is 1. The molecule has 0 aromatic heterocycles. The molecule has 0 atom stereocenters. The summed E-state index contributed by atoms with van der Waals surface area (Å²) in [7, 11) is 0. The van der Waals surface area contributed by atoms with E-state index in [2.05, 4.69) is 170 Å². The zero-order chi connectivity index (χ0) is 30.5. The van der Waals surface area contributed by atoms with Crippen LogP contribution in [0.3, 0.4) is 0 Å². The Hall–Kier alpha value is -5.72. The third kappa shape index (κ3) is 4.37. The summed E-state index contributed by atoms with van der Waals surface area (Å²) in [5, 5.41) is 7.64. The maximum absolute atomic E-state index is 2.44. The number of rotatable bonds is 4. The van der Waals surface area contributed by atoms with E-state index in [4.69, 9.17) is 0 Å². The Labute approximate surface area is 269 Å². The molecular formula is C46H32. The molecule has 0 bridgehead atoms. The van der Waals surface area contributed by atoms with Crippen LogP contribution in [0.25, 0.3) is 82.9 Å². The van der Waals surface area contributed by atoms with E-state index in [0.29, 0.717) is 0 Å². The number of fused-ring (bicyclic) bond motifs is 4. The van der Waals surface area contributed by atoms with E-state index in [1.54, 1.807) is 0 Å². The normalized spacial score (nSPS) is 12.5. The first-order chi connectivity index (χ1) is 22.8. The lowest BCUT2D eigenvalue weighted by Gasteiger charge is -2.21. The first-order valence-corrected chi connectivity index (χ1v) is 16.2. The van der Waals surface area contributed by atoms with E-state index in [1.807, 2.05) is 0 Å². The molecule has 8 aromatic rings. The summed E-state index contributed by atoms with van der Waals surface area (Å²) < 4.78 is 0. The van der Waals surface area contributed by atoms with Crippen LogP contribution < -0.4 is 0 Å². The van der Waals surface area contributed by atoms with Gasteiger partial charge in [-0.15, -0.1) is 0 Å². The quantitative estimate of drug-likeness (QED) is 0.181. The first-order valence-electron chi connectivity index (χ1n) is 16.2. The van der Waals surface area contributed by atoms with Gasteiger partial charge in [0.05, 0.1) is 0 Å². The van der Waals surface area contributed by atoms with Crippen molar-refractivity contribution < 1.29 is 0 Å². The van der Waals surface area contributed by atoms with Crippen LogP contribution in [0.15, 0.2) is 164 Å². The van der Waals surface area contributed by atoms with Gasteiger partial charge < -0.3 is 0 Å². The van der Waals surface area contributed by atoms with Crippen molar-refractivity contribution in [3.05, 3.63) is 175 Å². The second-order valence-corrected chi connectivity index (χ2v) is 12.3. The van der Waals surface area contributed by atoms with Crippen molar-refractivity contribution >= 4 is 38.4 Å². The maximum atomic E-state index is 2.44. The second-order valence-electron chi connectivity index (χ2n) is 12.3. The van der Waals surface area contributed by atoms with E-state index >= 15 is 0 Å². The highest BCUT2D eigenvalue weighted by Crippen LogP contribution is 2.46. The van der Waals surface area contributed by atoms with Crippen LogP contribution in [0.2, 0.25) is 0 Å². The van der Waals surface area contributed by atoms with Crippen molar-refractivity contribution in [3.8, 4) is 44.5 Å². The molecule has 1 aliphatic rings. The van der Waals surface area contributed by atoms with Gasteiger partial charge in [0, 0.05) is 0 Å². The Kier molecular flexibility index (Phi) is 6.39. The minimum absolute atomic E-state index is 1.07. The molecule has 0 nitrogen and oxygen atoms in total. The van der Waals surface area contributed by atoms with Crippen LogP contribution in [-0.4, -0.2) is 0 Å². The predicted molar refractivity (Wildman–Crippen MR) is 198 cm³/mol. The molecule has 0 fully saturated rings. The molecule has 0 spiro atoms. The summed E-state index contributed by atoms with van der Waals surface area (Å²) in [6, 6.07) is 58.3. The predicted octanol–water partition coefficient (Wildman–Crippen LogP) is 12.8. The van der Waals surface area contributed by atoms with Gasteiger partial charge in [-0.2, -0.15) is 0 Å². The van der Waals surface area contributed by atoms with Crippen molar-refractivity contribution in [3.63, 3.8) is 0 Å². The standard InChI is InChI=1S/C46H32/c1-2-14-33(15-3-1)44-30-36(27-28-39(44)38-24-12-18-32-16-6-7-19-37(32)38)46-42-22-10-8-20-40(42)45(41-21-9-11-23-43(41)46)35-26-25-31-13-4-5-17-34(31)29-35/h1-6,8-18,20-30H,7,19H2. The molecule has 0 radical (unpaired) electrons. The molecule has 0 saturated carbocycles. The van der Waals surface area contributed by atoms with Gasteiger partial charge in [-0.3, -0.25) is 0 Å². The van der Waals surface area contributed by atoms with E-state index in [1.165, 1.54) is 88.0 Å². The average Bonchev–Trinajstić information content (AvgIpc) is 3.13.